The zero-order valence-corrected chi connectivity index (χ0v) is 13.6. The average molecular weight is 320 g/mol. The third-order valence-corrected chi connectivity index (χ3v) is 4.92. The summed E-state index contributed by atoms with van der Waals surface area (Å²) in [4.78, 5) is 14.4. The molecule has 126 valence electrons. The van der Waals surface area contributed by atoms with Crippen molar-refractivity contribution < 1.29 is 14.3 Å². The highest BCUT2D eigenvalue weighted by molar-refractivity contribution is 5.86. The van der Waals surface area contributed by atoms with Gasteiger partial charge in [-0.1, -0.05) is 6.07 Å². The summed E-state index contributed by atoms with van der Waals surface area (Å²) in [5.74, 6) is 0.207. The molecule has 1 aliphatic heterocycles. The molecule has 1 saturated carbocycles. The standard InChI is InChI=1S/C18H25FN2O2/c1-13-3-6-16(19)9-15(13)10-20-12-18(23)7-2-8-21(17(18)22)11-14-4-5-14/h3,6,9,14,20,23H,2,4-5,7-8,10-12H2,1H3/t18-/m1/s1. The van der Waals surface area contributed by atoms with Gasteiger partial charge in [0.1, 0.15) is 5.82 Å². The van der Waals surface area contributed by atoms with E-state index in [2.05, 4.69) is 5.32 Å². The first-order chi connectivity index (χ1) is 11.0. The van der Waals surface area contributed by atoms with Crippen molar-refractivity contribution in [2.24, 2.45) is 5.92 Å². The molecule has 1 aliphatic carbocycles. The molecular weight excluding hydrogens is 295 g/mol. The largest absolute Gasteiger partial charge is 0.379 e. The maximum absolute atomic E-state index is 13.3. The van der Waals surface area contributed by atoms with Gasteiger partial charge in [0.15, 0.2) is 5.60 Å². The second kappa shape index (κ2) is 6.57. The van der Waals surface area contributed by atoms with Gasteiger partial charge in [-0.3, -0.25) is 4.79 Å². The SMILES string of the molecule is Cc1ccc(F)cc1CNC[C@]1(O)CCCN(CC2CC2)C1=O. The van der Waals surface area contributed by atoms with E-state index in [1.807, 2.05) is 11.8 Å². The van der Waals surface area contributed by atoms with Gasteiger partial charge in [0.05, 0.1) is 0 Å². The average Bonchev–Trinajstić information content (AvgIpc) is 3.32. The predicted octanol–water partition coefficient (Wildman–Crippen LogP) is 1.99. The minimum Gasteiger partial charge on any atom is -0.379 e. The Kier molecular flexibility index (Phi) is 4.69. The molecule has 3 rings (SSSR count). The summed E-state index contributed by atoms with van der Waals surface area (Å²) >= 11 is 0. The lowest BCUT2D eigenvalue weighted by atomic mass is 9.91. The number of nitrogens with one attached hydrogen (secondary N) is 1. The van der Waals surface area contributed by atoms with E-state index in [1.165, 1.54) is 25.0 Å². The second-order valence-electron chi connectivity index (χ2n) is 7.00. The van der Waals surface area contributed by atoms with Crippen molar-refractivity contribution in [3.05, 3.63) is 35.1 Å². The van der Waals surface area contributed by atoms with Gasteiger partial charge < -0.3 is 15.3 Å². The van der Waals surface area contributed by atoms with Gasteiger partial charge in [0, 0.05) is 26.2 Å². The summed E-state index contributed by atoms with van der Waals surface area (Å²) in [6.07, 6.45) is 3.70. The third kappa shape index (κ3) is 3.90. The number of aryl methyl sites for hydroxylation is 1. The number of nitrogens with zero attached hydrogens (tertiary/aromatic N) is 1. The van der Waals surface area contributed by atoms with Crippen molar-refractivity contribution in [1.82, 2.24) is 10.2 Å². The molecule has 23 heavy (non-hydrogen) atoms. The Bertz CT molecular complexity index is 588. The highest BCUT2D eigenvalue weighted by atomic mass is 19.1. The molecule has 2 N–H and O–H groups in total. The minimum absolute atomic E-state index is 0.154. The lowest BCUT2D eigenvalue weighted by Gasteiger charge is -2.38. The topological polar surface area (TPSA) is 52.6 Å². The molecule has 1 saturated heterocycles. The van der Waals surface area contributed by atoms with E-state index in [9.17, 15) is 14.3 Å². The molecule has 1 heterocycles. The van der Waals surface area contributed by atoms with Crippen molar-refractivity contribution in [2.45, 2.75) is 44.8 Å². The predicted molar refractivity (Wildman–Crippen MR) is 86.3 cm³/mol. The van der Waals surface area contributed by atoms with Crippen molar-refractivity contribution >= 4 is 5.91 Å². The molecule has 0 spiro atoms. The zero-order valence-electron chi connectivity index (χ0n) is 13.6. The van der Waals surface area contributed by atoms with Gasteiger partial charge in [-0.15, -0.1) is 0 Å². The van der Waals surface area contributed by atoms with Crippen LogP contribution in [-0.4, -0.2) is 41.1 Å². The fraction of sp³-hybridized carbons (Fsp3) is 0.611. The van der Waals surface area contributed by atoms with E-state index in [0.717, 1.165) is 30.6 Å². The molecule has 1 aromatic carbocycles. The fourth-order valence-electron chi connectivity index (χ4n) is 3.25. The number of carbonyl (C=O) groups is 1. The van der Waals surface area contributed by atoms with Gasteiger partial charge in [0.25, 0.3) is 5.91 Å². The van der Waals surface area contributed by atoms with Gasteiger partial charge in [-0.25, -0.2) is 4.39 Å². The minimum atomic E-state index is -1.33. The van der Waals surface area contributed by atoms with E-state index in [1.54, 1.807) is 6.07 Å². The van der Waals surface area contributed by atoms with Crippen LogP contribution in [0, 0.1) is 18.7 Å². The zero-order chi connectivity index (χ0) is 16.4. The number of halogens is 1. The van der Waals surface area contributed by atoms with E-state index < -0.39 is 5.60 Å². The van der Waals surface area contributed by atoms with Crippen molar-refractivity contribution in [1.29, 1.82) is 0 Å². The maximum atomic E-state index is 13.3. The van der Waals surface area contributed by atoms with Crippen molar-refractivity contribution in [2.75, 3.05) is 19.6 Å². The Morgan fingerprint density at radius 3 is 2.96 bits per heavy atom. The number of likely N-dealkylation sites (tertiary alicyclic amines) is 1. The summed E-state index contributed by atoms with van der Waals surface area (Å²) in [7, 11) is 0. The van der Waals surface area contributed by atoms with E-state index >= 15 is 0 Å². The van der Waals surface area contributed by atoms with E-state index in [0.29, 0.717) is 18.9 Å². The fourth-order valence-corrected chi connectivity index (χ4v) is 3.25. The molecule has 2 aliphatic rings. The summed E-state index contributed by atoms with van der Waals surface area (Å²) in [6, 6.07) is 4.67. The van der Waals surface area contributed by atoms with Gasteiger partial charge in [0.2, 0.25) is 0 Å². The summed E-state index contributed by atoms with van der Waals surface area (Å²) in [5, 5.41) is 13.9. The number of amides is 1. The van der Waals surface area contributed by atoms with Crippen LogP contribution in [0.15, 0.2) is 18.2 Å². The summed E-state index contributed by atoms with van der Waals surface area (Å²) in [6.45, 7) is 4.11. The number of benzene rings is 1. The Morgan fingerprint density at radius 2 is 2.22 bits per heavy atom. The van der Waals surface area contributed by atoms with Crippen molar-refractivity contribution in [3.63, 3.8) is 0 Å². The lowest BCUT2D eigenvalue weighted by Crippen LogP contribution is -2.58. The third-order valence-electron chi connectivity index (χ3n) is 4.92. The van der Waals surface area contributed by atoms with Crippen LogP contribution in [0.25, 0.3) is 0 Å². The normalized spacial score (nSPS) is 25.0. The molecular formula is C18H25FN2O2. The molecule has 1 atom stereocenters. The lowest BCUT2D eigenvalue weighted by molar-refractivity contribution is -0.156. The second-order valence-corrected chi connectivity index (χ2v) is 7.00. The van der Waals surface area contributed by atoms with Crippen LogP contribution in [-0.2, 0) is 11.3 Å². The Hall–Kier alpha value is -1.46. The summed E-state index contributed by atoms with van der Waals surface area (Å²) in [5.41, 5.74) is 0.525. The first-order valence-electron chi connectivity index (χ1n) is 8.45. The Labute approximate surface area is 136 Å². The van der Waals surface area contributed by atoms with Crippen LogP contribution < -0.4 is 5.32 Å². The van der Waals surface area contributed by atoms with Crippen LogP contribution in [0.1, 0.15) is 36.8 Å². The first kappa shape index (κ1) is 16.4. The van der Waals surface area contributed by atoms with Crippen LogP contribution in [0.4, 0.5) is 4.39 Å². The van der Waals surface area contributed by atoms with Gasteiger partial charge in [-0.05, 0) is 61.8 Å². The Balaban J connectivity index is 1.57. The molecule has 4 nitrogen and oxygen atoms in total. The number of rotatable bonds is 6. The van der Waals surface area contributed by atoms with Crippen LogP contribution >= 0.6 is 0 Å². The number of aliphatic hydroxyl groups is 1. The van der Waals surface area contributed by atoms with Gasteiger partial charge >= 0.3 is 0 Å². The van der Waals surface area contributed by atoms with E-state index in [-0.39, 0.29) is 18.3 Å². The highest BCUT2D eigenvalue weighted by Crippen LogP contribution is 2.32. The monoisotopic (exact) mass is 320 g/mol. The molecule has 0 bridgehead atoms. The molecule has 0 radical (unpaired) electrons. The van der Waals surface area contributed by atoms with Crippen molar-refractivity contribution in [3.8, 4) is 0 Å². The first-order valence-corrected chi connectivity index (χ1v) is 8.45. The van der Waals surface area contributed by atoms with Crippen LogP contribution in [0.2, 0.25) is 0 Å². The van der Waals surface area contributed by atoms with E-state index in [4.69, 9.17) is 0 Å². The van der Waals surface area contributed by atoms with Crippen LogP contribution in [0.3, 0.4) is 0 Å². The molecule has 2 fully saturated rings. The van der Waals surface area contributed by atoms with Gasteiger partial charge in [-0.2, -0.15) is 0 Å². The molecule has 1 aromatic rings. The quantitative estimate of drug-likeness (QED) is 0.843. The Morgan fingerprint density at radius 1 is 1.43 bits per heavy atom. The molecule has 5 heteroatoms. The maximum Gasteiger partial charge on any atom is 0.255 e. The van der Waals surface area contributed by atoms with Crippen LogP contribution in [0.5, 0.6) is 0 Å². The summed E-state index contributed by atoms with van der Waals surface area (Å²) < 4.78 is 13.3. The number of carbonyl (C=O) groups excluding carboxylic acids is 1. The molecule has 1 amide bonds. The number of hydrogen-bond acceptors (Lipinski definition) is 3. The molecule has 0 unspecified atom stereocenters. The molecule has 0 aromatic heterocycles. The number of hydrogen-bond donors (Lipinski definition) is 2. The highest BCUT2D eigenvalue weighted by Gasteiger charge is 2.43. The smallest absolute Gasteiger partial charge is 0.255 e. The number of piperidine rings is 1.